The molecule has 8 aliphatic rings. The van der Waals surface area contributed by atoms with E-state index in [1.807, 2.05) is 120 Å². The van der Waals surface area contributed by atoms with Crippen LogP contribution in [-0.2, 0) is 81.0 Å². The average Bonchev–Trinajstić information content (AvgIpc) is 1.62. The van der Waals surface area contributed by atoms with Gasteiger partial charge in [-0.2, -0.15) is 19.1 Å². The molecule has 20 N–H and O–H groups in total. The fourth-order valence-electron chi connectivity index (χ4n) is 16.6. The molecular weight excluding hydrogens is 1920 g/mol. The third kappa shape index (κ3) is 23.3. The molecule has 0 spiro atoms. The Hall–Kier alpha value is -13.5. The average molecular weight is 2030 g/mol. The van der Waals surface area contributed by atoms with Crippen LogP contribution in [0.15, 0.2) is 209 Å². The van der Waals surface area contributed by atoms with Crippen molar-refractivity contribution in [2.75, 3.05) is 61.3 Å². The molecule has 140 heavy (non-hydrogen) atoms. The van der Waals surface area contributed by atoms with Crippen LogP contribution in [0.1, 0.15) is 113 Å². The van der Waals surface area contributed by atoms with Crippen LogP contribution in [-0.4, -0.2) is 201 Å². The molecule has 0 radical (unpaired) electrons. The number of carbonyl (C=O) groups is 8. The van der Waals surface area contributed by atoms with E-state index in [9.17, 15) is 101 Å². The smallest absolute Gasteiger partial charge is 0.346 e. The summed E-state index contributed by atoms with van der Waals surface area (Å²) in [5.41, 5.74) is 20.3. The highest BCUT2D eigenvalue weighted by molar-refractivity contribution is 7.66. The van der Waals surface area contributed by atoms with Gasteiger partial charge in [-0.15, -0.1) is 0 Å². The van der Waals surface area contributed by atoms with Crippen LogP contribution >= 0.6 is 41.7 Å². The first-order chi connectivity index (χ1) is 65.2. The maximum Gasteiger partial charge on any atom is 0.346 e. The lowest BCUT2D eigenvalue weighted by molar-refractivity contribution is -0.129. The summed E-state index contributed by atoms with van der Waals surface area (Å²) in [5, 5.41) is 55.8. The van der Waals surface area contributed by atoms with Crippen molar-refractivity contribution in [2.45, 2.75) is 146 Å². The molecule has 0 aliphatic carbocycles. The zero-order chi connectivity index (χ0) is 103. The Morgan fingerprint density at radius 3 is 0.986 bits per heavy atom. The van der Waals surface area contributed by atoms with Gasteiger partial charge in [-0.3, -0.25) is 56.6 Å². The Kier molecular flexibility index (Phi) is 30.7. The fraction of sp³-hybridized carbons (Fsp3) is 0.348. The van der Waals surface area contributed by atoms with E-state index in [2.05, 4.69) is 40.3 Å². The molecule has 6 aromatic carbocycles. The van der Waals surface area contributed by atoms with Gasteiger partial charge in [0.1, 0.15) is 74.1 Å². The number of nitrogens with one attached hydrogen (secondary N) is 4. The normalized spacial score (nSPS) is 22.3. The molecule has 0 saturated carbocycles. The minimum atomic E-state index is -4.42. The monoisotopic (exact) mass is 2030 g/mol. The Labute approximate surface area is 807 Å². The highest BCUT2D eigenvalue weighted by Crippen LogP contribution is 2.54. The number of nitrogens with two attached hydrogens (primary N) is 4. The van der Waals surface area contributed by atoms with Crippen LogP contribution in [0.25, 0.3) is 0 Å². The molecule has 8 aliphatic heterocycles. The lowest BCUT2D eigenvalue weighted by Crippen LogP contribution is -2.45. The second kappa shape index (κ2) is 40.8. The van der Waals surface area contributed by atoms with Crippen LogP contribution < -0.4 is 84.4 Å². The number of primary amides is 4. The number of carbonyl (C=O) groups excluding carboxylic acids is 8. The lowest BCUT2D eigenvalue weighted by Gasteiger charge is -2.35. The third-order valence-electron chi connectivity index (χ3n) is 22.7. The molecule has 15 rings (SSSR count). The van der Waals surface area contributed by atoms with Gasteiger partial charge in [0.15, 0.2) is 49.8 Å². The molecule has 7 aromatic rings. The number of hydrogen-bond acceptors (Lipinski definition) is 26. The number of furan rings is 1. The minimum Gasteiger partial charge on any atom is -0.509 e. The van der Waals surface area contributed by atoms with E-state index in [1.165, 1.54) is 113 Å². The van der Waals surface area contributed by atoms with Crippen molar-refractivity contribution in [1.82, 2.24) is 19.6 Å². The van der Waals surface area contributed by atoms with E-state index in [0.717, 1.165) is 11.1 Å². The van der Waals surface area contributed by atoms with Gasteiger partial charge in [0.05, 0.1) is 91.8 Å². The molecule has 0 fully saturated rings. The number of methoxy groups -OCH3 is 1. The van der Waals surface area contributed by atoms with Gasteiger partial charge >= 0.3 is 30.1 Å². The van der Waals surface area contributed by atoms with Crippen molar-refractivity contribution >= 4 is 156 Å². The molecule has 8 amide bonds. The highest BCUT2D eigenvalue weighted by Gasteiger charge is 2.54. The topological polar surface area (TPSA) is 641 Å². The highest BCUT2D eigenvalue weighted by atomic mass is 35.5. The van der Waals surface area contributed by atoms with Gasteiger partial charge in [0, 0.05) is 38.9 Å². The summed E-state index contributed by atoms with van der Waals surface area (Å²) in [7, 11) is -15.9. The number of fused-ring (bicyclic) bond motifs is 4. The maximum atomic E-state index is 13.7. The van der Waals surface area contributed by atoms with Crippen LogP contribution in [0, 0.1) is 27.5 Å². The summed E-state index contributed by atoms with van der Waals surface area (Å²) < 4.78 is 113. The van der Waals surface area contributed by atoms with Crippen molar-refractivity contribution in [3.8, 4) is 23.0 Å². The van der Waals surface area contributed by atoms with E-state index >= 15 is 0 Å². The zero-order valence-corrected chi connectivity index (χ0v) is 82.7. The first kappa shape index (κ1) is 105. The lowest BCUT2D eigenvalue weighted by atomic mass is 9.85. The predicted molar refractivity (Wildman–Crippen MR) is 519 cm³/mol. The summed E-state index contributed by atoms with van der Waals surface area (Å²) in [6.07, 6.45) is 3.45. The number of amides is 8. The van der Waals surface area contributed by atoms with Gasteiger partial charge in [-0.25, -0.2) is 4.39 Å². The second-order valence-corrected chi connectivity index (χ2v) is 45.3. The van der Waals surface area contributed by atoms with Crippen molar-refractivity contribution in [3.05, 3.63) is 213 Å². The number of amidine groups is 4. The molecule has 9 heterocycles. The third-order valence-corrected chi connectivity index (χ3v) is 28.9. The number of halogens is 2. The van der Waals surface area contributed by atoms with Crippen molar-refractivity contribution < 1.29 is 129 Å². The first-order valence-electron chi connectivity index (χ1n) is 43.2. The number of hydrogen-bond donors (Lipinski definition) is 16. The summed E-state index contributed by atoms with van der Waals surface area (Å²) >= 11 is 5.91. The van der Waals surface area contributed by atoms with Crippen molar-refractivity contribution in [3.63, 3.8) is 0 Å². The van der Waals surface area contributed by atoms with Crippen LogP contribution in [0.5, 0.6) is 23.0 Å². The van der Waals surface area contributed by atoms with E-state index in [4.69, 9.17) is 62.6 Å². The number of aliphatic hydroxyl groups is 4. The molecule has 9 atom stereocenters. The Balaban J connectivity index is 0.000000167. The van der Waals surface area contributed by atoms with Gasteiger partial charge in [-0.1, -0.05) is 131 Å². The van der Waals surface area contributed by atoms with Crippen molar-refractivity contribution in [1.29, 1.82) is 0 Å². The largest absolute Gasteiger partial charge is 0.509 e. The molecule has 746 valence electrons. The van der Waals surface area contributed by atoms with Gasteiger partial charge < -0.3 is 132 Å². The summed E-state index contributed by atoms with van der Waals surface area (Å²) in [5.74, 6) is -6.73. The Bertz CT molecular complexity index is 6660. The molecule has 0 bridgehead atoms. The first-order valence-corrected chi connectivity index (χ1v) is 50.1. The summed E-state index contributed by atoms with van der Waals surface area (Å²) in [6, 6.07) is 29.2. The molecular formula is C92H108ClFN16O26P4. The second-order valence-electron chi connectivity index (χ2n) is 37.8. The van der Waals surface area contributed by atoms with Gasteiger partial charge in [0.2, 0.25) is 0 Å². The number of rotatable bonds is 26. The van der Waals surface area contributed by atoms with Gasteiger partial charge in [-0.05, 0) is 137 Å². The van der Waals surface area contributed by atoms with E-state index in [-0.39, 0.29) is 166 Å². The standard InChI is InChI=1S/C24H25ClFN4O6P.C24H27N4O6P.C22H25N4O7P.C22H31N4O7P/c1-24(2,3)21-20(32)19(23(33)30(21)10-12-4-6-15(26)14(25)8-12)22-28-16-7-5-13(36-11-18(27)31)9-17(16)37(34,35)29-22;1-24(2,3)21-20(30)19(23(31)28(21)12-14-7-5-4-6-8-14)22-26-16-10-9-15(34-13-18(25)29)11-17(16)35(32,33)27-22;1-22(2,3)19-18(28)17(21(29)26(19)9-12-6-7-32-10-12)20-24-14-5-4-13(33-11-16(23)27)8-15(14)34(30,31)25-20;1-12(32-5)8-9-26-19(22(2,3)4)18(28)17(21(26)29)20-24-14-7-6-13(33-11-16(23)27)10-15(14)34(30,31)25-20/h4-9,21,32H,10-11H2,1-3H3,(H2,27,31)(H2,28,29,34,35);4-11,21,30H,12-13H2,1-3H3,(H2,25,29)(H2,26,27,32,33);4-8,10,19,28H,9,11H2,1-3H3,(H2,23,27)(H2,24,25,30,31);6-7,10,12,19,28H,8-9,11H2,1-5H3,(H2,23,27)(H2,24,25,30,31). The summed E-state index contributed by atoms with van der Waals surface area (Å²) in [4.78, 5) is 147. The molecule has 9 unspecified atom stereocenters. The quantitative estimate of drug-likeness (QED) is 0.0224. The number of aliphatic hydroxyl groups excluding tert-OH is 4. The number of anilines is 4. The number of benzene rings is 6. The van der Waals surface area contributed by atoms with Crippen LogP contribution in [0.3, 0.4) is 0 Å². The number of ether oxygens (including phenoxy) is 5. The minimum absolute atomic E-state index is 0.00442. The van der Waals surface area contributed by atoms with Crippen molar-refractivity contribution in [2.24, 2.45) is 63.6 Å². The van der Waals surface area contributed by atoms with E-state index in [0.29, 0.717) is 18.5 Å². The number of nitrogens with zero attached hydrogens (tertiary/aromatic N) is 8. The van der Waals surface area contributed by atoms with Crippen LogP contribution in [0.4, 0.5) is 27.1 Å². The molecule has 1 aromatic heterocycles. The predicted octanol–water partition coefficient (Wildman–Crippen LogP) is 9.43. The summed E-state index contributed by atoms with van der Waals surface area (Å²) in [6.45, 7) is 23.5. The molecule has 42 nitrogen and oxygen atoms in total. The van der Waals surface area contributed by atoms with E-state index < -0.39 is 155 Å². The van der Waals surface area contributed by atoms with Crippen LogP contribution in [0.2, 0.25) is 5.02 Å². The molecule has 48 heteroatoms. The Morgan fingerprint density at radius 1 is 0.429 bits per heavy atom. The SMILES string of the molecule is CC(C)(C)C1C(O)=C(C2=NP(=O)(O)c3cc(OCC(N)=O)ccc3N2)C(=O)N1Cc1ccc(F)c(Cl)c1.CC(C)(C)C1C(O)=C(C2=NP(=O)(O)c3cc(OCC(N)=O)ccc3N2)C(=O)N1Cc1ccccc1.CC(C)(C)C1C(O)=C(C2=NP(=O)(O)c3cc(OCC(N)=O)ccc3N2)C(=O)N1Cc1ccoc1.COC(C)CCN1C(=O)C(C2=NP(=O)(O)c3cc(OCC(N)=O)ccc3N2)=C(O)C1C(C)(C)C. The fourth-order valence-corrected chi connectivity index (χ4v) is 21.9. The van der Waals surface area contributed by atoms with Gasteiger partial charge in [0.25, 0.3) is 47.3 Å². The Morgan fingerprint density at radius 2 is 0.714 bits per heavy atom. The molecule has 0 saturated heterocycles. The zero-order valence-electron chi connectivity index (χ0n) is 78.4. The maximum absolute atomic E-state index is 13.7. The van der Waals surface area contributed by atoms with E-state index in [1.54, 1.807) is 23.0 Å².